The minimum absolute atomic E-state index is 0.0429. The van der Waals surface area contributed by atoms with Crippen LogP contribution in [-0.4, -0.2) is 35.9 Å². The number of nitrogens with two attached hydrogens (primary N) is 1. The van der Waals surface area contributed by atoms with E-state index < -0.39 is 5.60 Å². The number of nitrogens with one attached hydrogen (secondary N) is 2. The average Bonchev–Trinajstić information content (AvgIpc) is 3.42. The van der Waals surface area contributed by atoms with Gasteiger partial charge in [0.1, 0.15) is 0 Å². The molecular formula is C28H45N3O3. The normalized spacial score (nSPS) is 43.6. The van der Waals surface area contributed by atoms with Crippen LogP contribution in [0.5, 0.6) is 0 Å². The number of hydrogen-bond donors (Lipinski definition) is 4. The van der Waals surface area contributed by atoms with E-state index in [1.54, 1.807) is 6.26 Å². The van der Waals surface area contributed by atoms with Crippen LogP contribution in [0.2, 0.25) is 0 Å². The minimum atomic E-state index is -0.549. The van der Waals surface area contributed by atoms with Crippen LogP contribution in [0.4, 0.5) is 0 Å². The first kappa shape index (κ1) is 24.2. The Morgan fingerprint density at radius 3 is 2.76 bits per heavy atom. The summed E-state index contributed by atoms with van der Waals surface area (Å²) < 4.78 is 11.7. The summed E-state index contributed by atoms with van der Waals surface area (Å²) in [5, 5.41) is 22.4. The molecule has 34 heavy (non-hydrogen) atoms. The Balaban J connectivity index is 1.21. The van der Waals surface area contributed by atoms with E-state index in [0.29, 0.717) is 35.2 Å². The fraction of sp³-hybridized carbons (Fsp3) is 0.821. The van der Waals surface area contributed by atoms with Crippen molar-refractivity contribution in [2.24, 2.45) is 34.3 Å². The van der Waals surface area contributed by atoms with Crippen molar-refractivity contribution in [3.8, 4) is 0 Å². The molecule has 6 heteroatoms. The lowest BCUT2D eigenvalue weighted by atomic mass is 9.43. The van der Waals surface area contributed by atoms with Crippen LogP contribution in [0, 0.1) is 34.0 Å². The van der Waals surface area contributed by atoms with Gasteiger partial charge in [0.2, 0.25) is 0 Å². The minimum Gasteiger partial charge on any atom is -0.472 e. The maximum absolute atomic E-state index is 12.3. The molecule has 4 fully saturated rings. The Bertz CT molecular complexity index is 859. The lowest BCUT2D eigenvalue weighted by Crippen LogP contribution is -2.62. The number of unbranched alkanes of at least 4 members (excludes halogenated alkanes) is 1. The van der Waals surface area contributed by atoms with Gasteiger partial charge in [0.25, 0.3) is 0 Å². The number of fused-ring (bicyclic) bond motifs is 5. The molecule has 1 aromatic heterocycles. The Hall–Kier alpha value is -1.53. The van der Waals surface area contributed by atoms with Crippen molar-refractivity contribution >= 4 is 5.96 Å². The molecule has 4 saturated carbocycles. The molecule has 190 valence electrons. The molecule has 0 saturated heterocycles. The molecule has 0 aromatic carbocycles. The third-order valence-corrected chi connectivity index (χ3v) is 11.0. The van der Waals surface area contributed by atoms with Crippen LogP contribution in [0.15, 0.2) is 23.0 Å². The number of furan rings is 1. The van der Waals surface area contributed by atoms with Gasteiger partial charge in [0.15, 0.2) is 5.96 Å². The lowest BCUT2D eigenvalue weighted by Gasteiger charge is -2.63. The van der Waals surface area contributed by atoms with Crippen molar-refractivity contribution in [2.45, 2.75) is 102 Å². The van der Waals surface area contributed by atoms with E-state index in [1.165, 1.54) is 37.7 Å². The second-order valence-electron chi connectivity index (χ2n) is 12.3. The van der Waals surface area contributed by atoms with Gasteiger partial charge in [-0.15, -0.1) is 0 Å². The SMILES string of the molecule is C[C@]12CC[C@H](OCCCCNC(=N)N)C[C@H]1CC[C@@H]1[C@@H]2CC[C@]2(C)[C@@H](c3ccoc3)CC[C@]12O. The standard InChI is InChI=1S/C28H45N3O3/c1-26-11-7-21(34-15-4-3-14-31-25(29)30)17-20(26)5-6-24-23(26)8-12-27(2)22(9-13-28(24,27)32)19-10-16-33-18-19/h10,16,18,20-24,32H,3-9,11-15,17H2,1-2H3,(H4,29,30,31)/t20-,21+,22-,23+,24-,26+,27-,28+/m1/s1. The zero-order valence-corrected chi connectivity index (χ0v) is 21.2. The van der Waals surface area contributed by atoms with Crippen LogP contribution < -0.4 is 11.1 Å². The lowest BCUT2D eigenvalue weighted by molar-refractivity contribution is -0.207. The molecule has 6 nitrogen and oxygen atoms in total. The zero-order chi connectivity index (χ0) is 24.0. The molecule has 5 N–H and O–H groups in total. The molecular weight excluding hydrogens is 426 g/mol. The predicted octanol–water partition coefficient (Wildman–Crippen LogP) is 5.17. The van der Waals surface area contributed by atoms with Gasteiger partial charge in [0.05, 0.1) is 24.2 Å². The summed E-state index contributed by atoms with van der Waals surface area (Å²) in [5.41, 5.74) is 6.36. The fourth-order valence-electron chi connectivity index (χ4n) is 9.04. The first-order chi connectivity index (χ1) is 16.3. The summed E-state index contributed by atoms with van der Waals surface area (Å²) in [7, 11) is 0. The highest BCUT2D eigenvalue weighted by molar-refractivity contribution is 5.74. The van der Waals surface area contributed by atoms with Crippen LogP contribution in [0.25, 0.3) is 0 Å². The van der Waals surface area contributed by atoms with Crippen LogP contribution in [0.3, 0.4) is 0 Å². The van der Waals surface area contributed by atoms with Crippen molar-refractivity contribution in [2.75, 3.05) is 13.2 Å². The first-order valence-electron chi connectivity index (χ1n) is 13.7. The second kappa shape index (κ2) is 9.16. The summed E-state index contributed by atoms with van der Waals surface area (Å²) in [4.78, 5) is 0. The van der Waals surface area contributed by atoms with Gasteiger partial charge in [0, 0.05) is 18.6 Å². The largest absolute Gasteiger partial charge is 0.472 e. The first-order valence-corrected chi connectivity index (χ1v) is 13.7. The highest BCUT2D eigenvalue weighted by Gasteiger charge is 2.67. The maximum atomic E-state index is 12.3. The topological polar surface area (TPSA) is 104 Å². The van der Waals surface area contributed by atoms with Gasteiger partial charge in [-0.2, -0.15) is 0 Å². The Morgan fingerprint density at radius 1 is 1.15 bits per heavy atom. The van der Waals surface area contributed by atoms with Crippen molar-refractivity contribution in [3.63, 3.8) is 0 Å². The van der Waals surface area contributed by atoms with E-state index >= 15 is 0 Å². The van der Waals surface area contributed by atoms with Crippen molar-refractivity contribution in [3.05, 3.63) is 24.2 Å². The Morgan fingerprint density at radius 2 is 2.00 bits per heavy atom. The van der Waals surface area contributed by atoms with Crippen LogP contribution in [-0.2, 0) is 4.74 Å². The van der Waals surface area contributed by atoms with E-state index in [1.807, 2.05) is 6.26 Å². The van der Waals surface area contributed by atoms with E-state index in [9.17, 15) is 5.11 Å². The molecule has 4 aliphatic carbocycles. The highest BCUT2D eigenvalue weighted by atomic mass is 16.5. The van der Waals surface area contributed by atoms with Crippen molar-refractivity contribution in [1.82, 2.24) is 5.32 Å². The number of aliphatic hydroxyl groups is 1. The van der Waals surface area contributed by atoms with E-state index in [2.05, 4.69) is 25.2 Å². The second-order valence-corrected chi connectivity index (χ2v) is 12.3. The Kier molecular flexibility index (Phi) is 6.52. The monoisotopic (exact) mass is 471 g/mol. The van der Waals surface area contributed by atoms with E-state index in [-0.39, 0.29) is 11.4 Å². The zero-order valence-electron chi connectivity index (χ0n) is 21.2. The highest BCUT2D eigenvalue weighted by Crippen LogP contribution is 2.70. The van der Waals surface area contributed by atoms with Gasteiger partial charge in [-0.1, -0.05) is 13.8 Å². The molecule has 1 heterocycles. The molecule has 0 unspecified atom stereocenters. The van der Waals surface area contributed by atoms with Gasteiger partial charge in [-0.3, -0.25) is 5.41 Å². The molecule has 0 radical (unpaired) electrons. The van der Waals surface area contributed by atoms with E-state index in [4.69, 9.17) is 20.3 Å². The number of ether oxygens (including phenoxy) is 1. The third-order valence-electron chi connectivity index (χ3n) is 11.0. The van der Waals surface area contributed by atoms with Gasteiger partial charge in [-0.05, 0) is 111 Å². The van der Waals surface area contributed by atoms with E-state index in [0.717, 1.165) is 51.7 Å². The summed E-state index contributed by atoms with van der Waals surface area (Å²) in [6.45, 7) is 6.47. The summed E-state index contributed by atoms with van der Waals surface area (Å²) in [6, 6.07) is 2.12. The van der Waals surface area contributed by atoms with Crippen molar-refractivity contribution in [1.29, 1.82) is 5.41 Å². The number of hydrogen-bond acceptors (Lipinski definition) is 4. The average molecular weight is 472 g/mol. The fourth-order valence-corrected chi connectivity index (χ4v) is 9.04. The van der Waals surface area contributed by atoms with Gasteiger partial charge < -0.3 is 25.3 Å². The number of guanidine groups is 1. The molecule has 0 amide bonds. The smallest absolute Gasteiger partial charge is 0.185 e. The van der Waals surface area contributed by atoms with Gasteiger partial charge >= 0.3 is 0 Å². The predicted molar refractivity (Wildman–Crippen MR) is 134 cm³/mol. The van der Waals surface area contributed by atoms with Crippen LogP contribution in [0.1, 0.15) is 96.0 Å². The molecule has 0 bridgehead atoms. The van der Waals surface area contributed by atoms with Crippen LogP contribution >= 0.6 is 0 Å². The summed E-state index contributed by atoms with van der Waals surface area (Å²) in [5.74, 6) is 2.23. The molecule has 0 aliphatic heterocycles. The quantitative estimate of drug-likeness (QED) is 0.249. The summed E-state index contributed by atoms with van der Waals surface area (Å²) >= 11 is 0. The molecule has 5 rings (SSSR count). The Labute approximate surface area is 204 Å². The molecule has 1 aromatic rings. The maximum Gasteiger partial charge on any atom is 0.185 e. The molecule has 8 atom stereocenters. The molecule has 0 spiro atoms. The number of rotatable bonds is 7. The third kappa shape index (κ3) is 3.89. The van der Waals surface area contributed by atoms with Crippen molar-refractivity contribution < 1.29 is 14.3 Å². The molecule has 4 aliphatic rings. The summed E-state index contributed by atoms with van der Waals surface area (Å²) in [6.07, 6.45) is 16.4. The van der Waals surface area contributed by atoms with Gasteiger partial charge in [-0.25, -0.2) is 0 Å².